The molecule has 0 heterocycles. The zero-order valence-corrected chi connectivity index (χ0v) is 15.4. The van der Waals surface area contributed by atoms with Gasteiger partial charge < -0.3 is 38.0 Å². The quantitative estimate of drug-likeness (QED) is 0.374. The van der Waals surface area contributed by atoms with Gasteiger partial charge in [-0.05, 0) is 48.5 Å². The molecule has 0 aliphatic heterocycles. The lowest BCUT2D eigenvalue weighted by Crippen LogP contribution is -3.00. The molecule has 1 atom stereocenters. The smallest absolute Gasteiger partial charge is 0.248 e. The van der Waals surface area contributed by atoms with Crippen molar-refractivity contribution in [1.29, 1.82) is 5.26 Å². The average Bonchev–Trinajstić information content (AvgIpc) is 2.67. The lowest BCUT2D eigenvalue weighted by molar-refractivity contribution is -0.661. The Morgan fingerprint density at radius 2 is 1.70 bits per heavy atom. The summed E-state index contributed by atoms with van der Waals surface area (Å²) in [6.07, 6.45) is -0.611. The van der Waals surface area contributed by atoms with E-state index in [0.29, 0.717) is 42.3 Å². The first-order valence-corrected chi connectivity index (χ1v) is 8.24. The highest BCUT2D eigenvalue weighted by atomic mass is 35.5. The Morgan fingerprint density at radius 1 is 1.11 bits per heavy atom. The molecule has 0 aromatic heterocycles. The van der Waals surface area contributed by atoms with Crippen LogP contribution in [0.2, 0.25) is 0 Å². The van der Waals surface area contributed by atoms with Gasteiger partial charge in [-0.3, -0.25) is 4.79 Å². The molecule has 2 aromatic carbocycles. The van der Waals surface area contributed by atoms with Crippen molar-refractivity contribution in [3.63, 3.8) is 0 Å². The zero-order chi connectivity index (χ0) is 18.8. The summed E-state index contributed by atoms with van der Waals surface area (Å²) in [5, 5.41) is 20.6. The largest absolute Gasteiger partial charge is 1.00 e. The van der Waals surface area contributed by atoms with Crippen LogP contribution >= 0.6 is 0 Å². The number of aliphatic hydroxyl groups is 1. The second-order valence-electron chi connectivity index (χ2n) is 5.65. The molecule has 2 aromatic rings. The predicted octanol–water partition coefficient (Wildman–Crippen LogP) is -2.96. The molecule has 0 aliphatic carbocycles. The highest BCUT2D eigenvalue weighted by Crippen LogP contribution is 2.12. The van der Waals surface area contributed by atoms with Crippen molar-refractivity contribution in [2.45, 2.75) is 6.10 Å². The number of benzene rings is 2. The molecule has 0 fully saturated rings. The van der Waals surface area contributed by atoms with Crippen LogP contribution in [-0.4, -0.2) is 43.4 Å². The van der Waals surface area contributed by atoms with E-state index >= 15 is 0 Å². The van der Waals surface area contributed by atoms with E-state index in [0.717, 1.165) is 0 Å². The number of primary amides is 1. The molecular weight excluding hydrogens is 370 g/mol. The SMILES string of the molecule is N#Cc1ccc(OCC(O)C[NH2+]CCOc2ccc(C(N)=O)cc2)cc1.[Cl-]. The maximum Gasteiger partial charge on any atom is 0.248 e. The fraction of sp³-hybridized carbons (Fsp3) is 0.263. The van der Waals surface area contributed by atoms with Gasteiger partial charge in [0.15, 0.2) is 0 Å². The van der Waals surface area contributed by atoms with Crippen molar-refractivity contribution in [2.24, 2.45) is 5.73 Å². The molecule has 27 heavy (non-hydrogen) atoms. The third-order valence-corrected chi connectivity index (χ3v) is 3.59. The number of amides is 1. The lowest BCUT2D eigenvalue weighted by atomic mass is 10.2. The molecule has 0 saturated heterocycles. The third kappa shape index (κ3) is 7.96. The highest BCUT2D eigenvalue weighted by molar-refractivity contribution is 5.92. The van der Waals surface area contributed by atoms with Crippen molar-refractivity contribution in [3.8, 4) is 17.6 Å². The van der Waals surface area contributed by atoms with Crippen molar-refractivity contribution >= 4 is 5.91 Å². The fourth-order valence-corrected chi connectivity index (χ4v) is 2.17. The molecule has 0 saturated carbocycles. The second-order valence-corrected chi connectivity index (χ2v) is 5.65. The number of rotatable bonds is 10. The van der Waals surface area contributed by atoms with Gasteiger partial charge >= 0.3 is 0 Å². The number of carbonyl (C=O) groups is 1. The van der Waals surface area contributed by atoms with Gasteiger partial charge in [-0.15, -0.1) is 0 Å². The van der Waals surface area contributed by atoms with E-state index in [1.165, 1.54) is 0 Å². The molecular formula is C19H22ClN3O4. The molecule has 7 nitrogen and oxygen atoms in total. The first-order chi connectivity index (χ1) is 12.6. The Bertz CT molecular complexity index is 745. The Morgan fingerprint density at radius 3 is 2.30 bits per heavy atom. The minimum atomic E-state index is -0.611. The molecule has 0 radical (unpaired) electrons. The van der Waals surface area contributed by atoms with Crippen LogP contribution in [-0.2, 0) is 0 Å². The van der Waals surface area contributed by atoms with Crippen molar-refractivity contribution in [1.82, 2.24) is 0 Å². The van der Waals surface area contributed by atoms with E-state index in [9.17, 15) is 9.90 Å². The summed E-state index contributed by atoms with van der Waals surface area (Å²) >= 11 is 0. The highest BCUT2D eigenvalue weighted by Gasteiger charge is 2.08. The van der Waals surface area contributed by atoms with Gasteiger partial charge in [0, 0.05) is 5.56 Å². The number of hydrogen-bond acceptors (Lipinski definition) is 5. The van der Waals surface area contributed by atoms with Crippen LogP contribution in [0.25, 0.3) is 0 Å². The Hall–Kier alpha value is -2.79. The monoisotopic (exact) mass is 391 g/mol. The molecule has 0 aliphatic rings. The van der Waals surface area contributed by atoms with Crippen LogP contribution in [0.5, 0.6) is 11.5 Å². The number of nitriles is 1. The van der Waals surface area contributed by atoms with Crippen LogP contribution in [0.3, 0.4) is 0 Å². The molecule has 1 unspecified atom stereocenters. The fourth-order valence-electron chi connectivity index (χ4n) is 2.17. The van der Waals surface area contributed by atoms with Gasteiger partial charge in [0.25, 0.3) is 0 Å². The first kappa shape index (κ1) is 22.3. The predicted molar refractivity (Wildman–Crippen MR) is 94.8 cm³/mol. The van der Waals surface area contributed by atoms with Crippen molar-refractivity contribution in [3.05, 3.63) is 59.7 Å². The van der Waals surface area contributed by atoms with Gasteiger partial charge in [-0.1, -0.05) is 0 Å². The van der Waals surface area contributed by atoms with Crippen LogP contribution in [0.4, 0.5) is 0 Å². The molecule has 8 heteroatoms. The summed E-state index contributed by atoms with van der Waals surface area (Å²) < 4.78 is 11.0. The van der Waals surface area contributed by atoms with Gasteiger partial charge in [0.05, 0.1) is 11.6 Å². The molecule has 5 N–H and O–H groups in total. The minimum absolute atomic E-state index is 0. The number of hydrogen-bond donors (Lipinski definition) is 3. The summed E-state index contributed by atoms with van der Waals surface area (Å²) in [5.41, 5.74) is 6.18. The zero-order valence-electron chi connectivity index (χ0n) is 14.7. The number of carbonyl (C=O) groups excluding carboxylic acids is 1. The summed E-state index contributed by atoms with van der Waals surface area (Å²) in [7, 11) is 0. The molecule has 2 rings (SSSR count). The van der Waals surface area contributed by atoms with E-state index in [1.807, 2.05) is 11.4 Å². The van der Waals surface area contributed by atoms with Crippen LogP contribution in [0.15, 0.2) is 48.5 Å². The number of nitrogens with two attached hydrogens (primary N) is 2. The molecule has 144 valence electrons. The number of nitrogens with zero attached hydrogens (tertiary/aromatic N) is 1. The number of ether oxygens (including phenoxy) is 2. The summed E-state index contributed by atoms with van der Waals surface area (Å²) in [6, 6.07) is 15.4. The van der Waals surface area contributed by atoms with Gasteiger partial charge in [0.1, 0.15) is 43.9 Å². The standard InChI is InChI=1S/C19H21N3O4.ClH/c20-11-14-1-5-18(6-2-14)26-13-16(23)12-22-9-10-25-17-7-3-15(4-8-17)19(21)24;/h1-8,16,22-23H,9-10,12-13H2,(H2,21,24);1H. The summed E-state index contributed by atoms with van der Waals surface area (Å²) in [5.74, 6) is 0.806. The average molecular weight is 392 g/mol. The lowest BCUT2D eigenvalue weighted by Gasteiger charge is -2.12. The van der Waals surface area contributed by atoms with Crippen LogP contribution in [0, 0.1) is 11.3 Å². The maximum atomic E-state index is 11.0. The Balaban J connectivity index is 0.00000364. The third-order valence-electron chi connectivity index (χ3n) is 3.59. The number of halogens is 1. The molecule has 0 bridgehead atoms. The summed E-state index contributed by atoms with van der Waals surface area (Å²) in [4.78, 5) is 11.0. The molecule has 1 amide bonds. The minimum Gasteiger partial charge on any atom is -1.00 e. The molecule has 0 spiro atoms. The van der Waals surface area contributed by atoms with Gasteiger partial charge in [-0.25, -0.2) is 0 Å². The maximum absolute atomic E-state index is 11.0. The van der Waals surface area contributed by atoms with Crippen molar-refractivity contribution < 1.29 is 37.1 Å². The second kappa shape index (κ2) is 11.8. The Labute approximate surface area is 164 Å². The van der Waals surface area contributed by atoms with E-state index in [4.69, 9.17) is 20.5 Å². The van der Waals surface area contributed by atoms with Crippen molar-refractivity contribution in [2.75, 3.05) is 26.3 Å². The van der Waals surface area contributed by atoms with E-state index < -0.39 is 12.0 Å². The van der Waals surface area contributed by atoms with E-state index in [2.05, 4.69) is 0 Å². The normalized spacial score (nSPS) is 11.0. The first-order valence-electron chi connectivity index (χ1n) is 8.24. The van der Waals surface area contributed by atoms with Crippen LogP contribution < -0.4 is 32.9 Å². The van der Waals surface area contributed by atoms with Crippen LogP contribution in [0.1, 0.15) is 15.9 Å². The van der Waals surface area contributed by atoms with E-state index in [1.54, 1.807) is 48.5 Å². The topological polar surface area (TPSA) is 122 Å². The van der Waals surface area contributed by atoms with Gasteiger partial charge in [-0.2, -0.15) is 5.26 Å². The number of aliphatic hydroxyl groups excluding tert-OH is 1. The number of quaternary nitrogens is 1. The van der Waals surface area contributed by atoms with E-state index in [-0.39, 0.29) is 19.0 Å². The van der Waals surface area contributed by atoms with Gasteiger partial charge in [0.2, 0.25) is 5.91 Å². The summed E-state index contributed by atoms with van der Waals surface area (Å²) in [6.45, 7) is 1.81. The Kier molecular flexibility index (Phi) is 9.69.